The highest BCUT2D eigenvalue weighted by Gasteiger charge is 2.10. The molecule has 0 fully saturated rings. The average Bonchev–Trinajstić information content (AvgIpc) is 2.01. The third-order valence-electron chi connectivity index (χ3n) is 1.50. The predicted molar refractivity (Wildman–Crippen MR) is 60.3 cm³/mol. The van der Waals surface area contributed by atoms with Gasteiger partial charge in [0.25, 0.3) is 5.91 Å². The minimum atomic E-state index is -0.337. The molecule has 0 saturated heterocycles. The Hall–Kier alpha value is -0.690. The molecule has 5 heteroatoms. The maximum atomic E-state index is 12.7. The monoisotopic (exact) mass is 308 g/mol. The van der Waals surface area contributed by atoms with Crippen molar-refractivity contribution in [2.45, 2.75) is 0 Å². The predicted octanol–water partition coefficient (Wildman–Crippen LogP) is 1.64. The van der Waals surface area contributed by atoms with E-state index in [4.69, 9.17) is 0 Å². The second-order valence-electron chi connectivity index (χ2n) is 2.96. The fraction of sp³-hybridized carbons (Fsp3) is 0.222. The second kappa shape index (κ2) is 4.70. The van der Waals surface area contributed by atoms with Crippen molar-refractivity contribution in [2.75, 3.05) is 14.1 Å². The molecule has 0 radical (unpaired) electrons. The Morgan fingerprint density at radius 2 is 2.14 bits per heavy atom. The molecular formula is C9H10FIN2O. The summed E-state index contributed by atoms with van der Waals surface area (Å²) in [7, 11) is 3.43. The first-order valence-electron chi connectivity index (χ1n) is 3.94. The van der Waals surface area contributed by atoms with Crippen LogP contribution in [0.15, 0.2) is 18.2 Å². The Morgan fingerprint density at radius 3 is 2.64 bits per heavy atom. The number of carbonyl (C=O) groups excluding carboxylic acids is 1. The molecule has 0 aromatic heterocycles. The van der Waals surface area contributed by atoms with Crippen LogP contribution in [0.1, 0.15) is 10.4 Å². The van der Waals surface area contributed by atoms with Crippen LogP contribution < -0.4 is 5.43 Å². The fourth-order valence-electron chi connectivity index (χ4n) is 0.937. The minimum Gasteiger partial charge on any atom is -0.285 e. The van der Waals surface area contributed by atoms with Gasteiger partial charge < -0.3 is 0 Å². The van der Waals surface area contributed by atoms with E-state index in [1.54, 1.807) is 19.1 Å². The fourth-order valence-corrected chi connectivity index (χ4v) is 1.66. The van der Waals surface area contributed by atoms with Crippen molar-refractivity contribution < 1.29 is 9.18 Å². The SMILES string of the molecule is CN(C)NC(=O)c1ccc(F)cc1I. The molecule has 0 saturated carbocycles. The molecule has 0 aliphatic heterocycles. The maximum Gasteiger partial charge on any atom is 0.266 e. The van der Waals surface area contributed by atoms with Gasteiger partial charge in [0, 0.05) is 17.7 Å². The van der Waals surface area contributed by atoms with Crippen molar-refractivity contribution in [2.24, 2.45) is 0 Å². The average molecular weight is 308 g/mol. The van der Waals surface area contributed by atoms with Crippen LogP contribution in [-0.4, -0.2) is 25.0 Å². The van der Waals surface area contributed by atoms with Gasteiger partial charge in [0.2, 0.25) is 0 Å². The number of benzene rings is 1. The van der Waals surface area contributed by atoms with Gasteiger partial charge in [0.05, 0.1) is 5.56 Å². The van der Waals surface area contributed by atoms with E-state index in [0.29, 0.717) is 9.13 Å². The van der Waals surface area contributed by atoms with Crippen molar-refractivity contribution in [3.63, 3.8) is 0 Å². The van der Waals surface area contributed by atoms with E-state index in [1.165, 1.54) is 18.2 Å². The molecule has 14 heavy (non-hydrogen) atoms. The lowest BCUT2D eigenvalue weighted by Crippen LogP contribution is -2.36. The van der Waals surface area contributed by atoms with Gasteiger partial charge in [-0.05, 0) is 40.8 Å². The first-order valence-corrected chi connectivity index (χ1v) is 5.02. The van der Waals surface area contributed by atoms with Gasteiger partial charge in [-0.1, -0.05) is 0 Å². The van der Waals surface area contributed by atoms with Crippen LogP contribution in [0.5, 0.6) is 0 Å². The molecule has 0 spiro atoms. The van der Waals surface area contributed by atoms with Crippen LogP contribution in [0.3, 0.4) is 0 Å². The summed E-state index contributed by atoms with van der Waals surface area (Å²) in [5, 5.41) is 1.54. The number of amides is 1. The molecule has 1 aromatic rings. The number of hydrogen-bond acceptors (Lipinski definition) is 2. The van der Waals surface area contributed by atoms with Gasteiger partial charge in [-0.25, -0.2) is 9.40 Å². The molecule has 1 rings (SSSR count). The lowest BCUT2D eigenvalue weighted by atomic mass is 10.2. The zero-order chi connectivity index (χ0) is 10.7. The Labute approximate surface area is 95.4 Å². The number of hydrogen-bond donors (Lipinski definition) is 1. The summed E-state index contributed by atoms with van der Waals surface area (Å²) in [6.45, 7) is 0. The van der Waals surface area contributed by atoms with Crippen LogP contribution in [-0.2, 0) is 0 Å². The largest absolute Gasteiger partial charge is 0.285 e. The molecular weight excluding hydrogens is 298 g/mol. The third-order valence-corrected chi connectivity index (χ3v) is 2.39. The number of halogens is 2. The summed E-state index contributed by atoms with van der Waals surface area (Å²) in [4.78, 5) is 11.5. The van der Waals surface area contributed by atoms with Gasteiger partial charge in [-0.15, -0.1) is 0 Å². The summed E-state index contributed by atoms with van der Waals surface area (Å²) in [6, 6.07) is 4.06. The Balaban J connectivity index is 2.90. The van der Waals surface area contributed by atoms with Crippen molar-refractivity contribution >= 4 is 28.5 Å². The normalized spacial score (nSPS) is 10.4. The van der Waals surface area contributed by atoms with Gasteiger partial charge in [0.1, 0.15) is 5.82 Å². The molecule has 76 valence electrons. The summed E-state index contributed by atoms with van der Waals surface area (Å²) in [5.74, 6) is -0.574. The molecule has 0 atom stereocenters. The quantitative estimate of drug-likeness (QED) is 0.665. The molecule has 3 nitrogen and oxygen atoms in total. The summed E-state index contributed by atoms with van der Waals surface area (Å²) in [6.07, 6.45) is 0. The lowest BCUT2D eigenvalue weighted by molar-refractivity contribution is 0.0856. The van der Waals surface area contributed by atoms with Crippen molar-refractivity contribution in [1.29, 1.82) is 0 Å². The smallest absolute Gasteiger partial charge is 0.266 e. The van der Waals surface area contributed by atoms with Crippen molar-refractivity contribution in [3.8, 4) is 0 Å². The van der Waals surface area contributed by atoms with Crippen LogP contribution in [0, 0.1) is 9.39 Å². The van der Waals surface area contributed by atoms with E-state index in [9.17, 15) is 9.18 Å². The van der Waals surface area contributed by atoms with E-state index < -0.39 is 0 Å². The van der Waals surface area contributed by atoms with E-state index in [1.807, 2.05) is 22.6 Å². The van der Waals surface area contributed by atoms with Gasteiger partial charge in [0.15, 0.2) is 0 Å². The van der Waals surface area contributed by atoms with Crippen LogP contribution >= 0.6 is 22.6 Å². The van der Waals surface area contributed by atoms with Gasteiger partial charge in [-0.2, -0.15) is 0 Å². The van der Waals surface area contributed by atoms with E-state index in [2.05, 4.69) is 5.43 Å². The standard InChI is InChI=1S/C9H10FIN2O/c1-13(2)12-9(14)7-4-3-6(10)5-8(7)11/h3-5H,1-2H3,(H,12,14). The molecule has 0 aliphatic carbocycles. The first kappa shape index (κ1) is 11.4. The third kappa shape index (κ3) is 2.91. The minimum absolute atomic E-state index is 0.237. The molecule has 0 bridgehead atoms. The topological polar surface area (TPSA) is 32.3 Å². The van der Waals surface area contributed by atoms with Gasteiger partial charge in [-0.3, -0.25) is 10.2 Å². The van der Waals surface area contributed by atoms with Gasteiger partial charge >= 0.3 is 0 Å². The molecule has 0 aliphatic rings. The molecule has 1 N–H and O–H groups in total. The highest BCUT2D eigenvalue weighted by Crippen LogP contribution is 2.13. The Morgan fingerprint density at radius 1 is 1.50 bits per heavy atom. The van der Waals surface area contributed by atoms with Crippen molar-refractivity contribution in [3.05, 3.63) is 33.1 Å². The lowest BCUT2D eigenvalue weighted by Gasteiger charge is -2.12. The molecule has 1 aromatic carbocycles. The number of nitrogens with zero attached hydrogens (tertiary/aromatic N) is 1. The molecule has 0 heterocycles. The summed E-state index contributed by atoms with van der Waals surface area (Å²) >= 11 is 1.93. The summed E-state index contributed by atoms with van der Waals surface area (Å²) in [5.41, 5.74) is 3.06. The number of rotatable bonds is 2. The second-order valence-corrected chi connectivity index (χ2v) is 4.12. The van der Waals surface area contributed by atoms with E-state index in [0.717, 1.165) is 0 Å². The van der Waals surface area contributed by atoms with Crippen molar-refractivity contribution in [1.82, 2.24) is 10.4 Å². The van der Waals surface area contributed by atoms with Crippen LogP contribution in [0.25, 0.3) is 0 Å². The molecule has 1 amide bonds. The zero-order valence-electron chi connectivity index (χ0n) is 7.84. The molecule has 0 unspecified atom stereocenters. The van der Waals surface area contributed by atoms with E-state index in [-0.39, 0.29) is 11.7 Å². The summed E-state index contributed by atoms with van der Waals surface area (Å²) < 4.78 is 13.3. The first-order chi connectivity index (χ1) is 6.50. The zero-order valence-corrected chi connectivity index (χ0v) is 10.0. The van der Waals surface area contributed by atoms with Crippen LogP contribution in [0.4, 0.5) is 4.39 Å². The Kier molecular flexibility index (Phi) is 3.82. The number of nitrogens with one attached hydrogen (secondary N) is 1. The number of hydrazine groups is 1. The maximum absolute atomic E-state index is 12.7. The van der Waals surface area contributed by atoms with Crippen LogP contribution in [0.2, 0.25) is 0 Å². The highest BCUT2D eigenvalue weighted by molar-refractivity contribution is 14.1. The Bertz CT molecular complexity index is 355. The van der Waals surface area contributed by atoms with E-state index >= 15 is 0 Å². The number of carbonyl (C=O) groups is 1. The highest BCUT2D eigenvalue weighted by atomic mass is 127.